The van der Waals surface area contributed by atoms with E-state index in [2.05, 4.69) is 5.32 Å². The Bertz CT molecular complexity index is 706. The number of carbonyl (C=O) groups excluding carboxylic acids is 1. The van der Waals surface area contributed by atoms with Crippen molar-refractivity contribution >= 4 is 11.9 Å². The number of aryl methyl sites for hydroxylation is 2. The number of rotatable bonds is 4. The van der Waals surface area contributed by atoms with Gasteiger partial charge in [-0.1, -0.05) is 6.07 Å². The van der Waals surface area contributed by atoms with E-state index >= 15 is 0 Å². The second-order valence-electron chi connectivity index (χ2n) is 4.63. The lowest BCUT2D eigenvalue weighted by molar-refractivity contribution is 0.0694. The fourth-order valence-corrected chi connectivity index (χ4v) is 1.94. The molecule has 110 valence electrons. The average molecular weight is 291 g/mol. The van der Waals surface area contributed by atoms with Crippen molar-refractivity contribution in [3.63, 3.8) is 0 Å². The van der Waals surface area contributed by atoms with Crippen molar-refractivity contribution in [2.24, 2.45) is 0 Å². The van der Waals surface area contributed by atoms with E-state index in [9.17, 15) is 14.0 Å². The van der Waals surface area contributed by atoms with Crippen molar-refractivity contribution in [1.82, 2.24) is 5.32 Å². The van der Waals surface area contributed by atoms with E-state index in [1.54, 1.807) is 6.92 Å². The highest BCUT2D eigenvalue weighted by Crippen LogP contribution is 2.15. The van der Waals surface area contributed by atoms with Crippen molar-refractivity contribution in [2.75, 3.05) is 0 Å². The second-order valence-corrected chi connectivity index (χ2v) is 4.63. The third kappa shape index (κ3) is 3.28. The molecule has 0 aliphatic rings. The summed E-state index contributed by atoms with van der Waals surface area (Å²) in [7, 11) is 0. The minimum atomic E-state index is -1.09. The van der Waals surface area contributed by atoms with Gasteiger partial charge in [-0.25, -0.2) is 9.18 Å². The summed E-state index contributed by atoms with van der Waals surface area (Å²) < 4.78 is 18.4. The van der Waals surface area contributed by atoms with Gasteiger partial charge in [-0.2, -0.15) is 0 Å². The first-order chi connectivity index (χ1) is 9.88. The third-order valence-corrected chi connectivity index (χ3v) is 3.07. The van der Waals surface area contributed by atoms with Crippen LogP contribution in [0.3, 0.4) is 0 Å². The van der Waals surface area contributed by atoms with Gasteiger partial charge in [0.25, 0.3) is 5.91 Å². The summed E-state index contributed by atoms with van der Waals surface area (Å²) in [6, 6.07) is 5.31. The summed E-state index contributed by atoms with van der Waals surface area (Å²) >= 11 is 0. The van der Waals surface area contributed by atoms with Crippen LogP contribution < -0.4 is 5.32 Å². The van der Waals surface area contributed by atoms with Crippen molar-refractivity contribution < 1.29 is 23.5 Å². The first kappa shape index (κ1) is 14.8. The molecule has 0 atom stereocenters. The number of carbonyl (C=O) groups is 2. The maximum Gasteiger partial charge on any atom is 0.339 e. The van der Waals surface area contributed by atoms with Crippen LogP contribution in [0, 0.1) is 19.7 Å². The topological polar surface area (TPSA) is 79.5 Å². The summed E-state index contributed by atoms with van der Waals surface area (Å²) in [6.45, 7) is 3.27. The van der Waals surface area contributed by atoms with Crippen LogP contribution in [0.1, 0.15) is 37.8 Å². The second kappa shape index (κ2) is 5.78. The van der Waals surface area contributed by atoms with Crippen LogP contribution in [-0.4, -0.2) is 17.0 Å². The zero-order valence-electron chi connectivity index (χ0n) is 11.6. The highest BCUT2D eigenvalue weighted by atomic mass is 19.1. The van der Waals surface area contributed by atoms with Crippen LogP contribution in [0.2, 0.25) is 0 Å². The SMILES string of the molecule is Cc1ccc(F)cc1C(=O)NCc1cc(C(=O)O)c(C)o1. The molecule has 1 aromatic heterocycles. The van der Waals surface area contributed by atoms with Crippen LogP contribution >= 0.6 is 0 Å². The summed E-state index contributed by atoms with van der Waals surface area (Å²) in [6.07, 6.45) is 0. The normalized spacial score (nSPS) is 10.4. The van der Waals surface area contributed by atoms with E-state index in [4.69, 9.17) is 9.52 Å². The average Bonchev–Trinajstić information content (AvgIpc) is 2.80. The van der Waals surface area contributed by atoms with Gasteiger partial charge < -0.3 is 14.8 Å². The van der Waals surface area contributed by atoms with E-state index in [1.807, 2.05) is 0 Å². The largest absolute Gasteiger partial charge is 0.478 e. The molecule has 0 aliphatic heterocycles. The van der Waals surface area contributed by atoms with Gasteiger partial charge in [0.1, 0.15) is 22.9 Å². The molecule has 6 heteroatoms. The highest BCUT2D eigenvalue weighted by molar-refractivity contribution is 5.95. The maximum absolute atomic E-state index is 13.2. The van der Waals surface area contributed by atoms with Gasteiger partial charge in [0.15, 0.2) is 0 Å². The molecule has 0 saturated carbocycles. The minimum Gasteiger partial charge on any atom is -0.478 e. The molecule has 21 heavy (non-hydrogen) atoms. The minimum absolute atomic E-state index is 0.0307. The van der Waals surface area contributed by atoms with Gasteiger partial charge in [0.05, 0.1) is 6.54 Å². The molecule has 0 radical (unpaired) electrons. The van der Waals surface area contributed by atoms with Crippen LogP contribution in [0.25, 0.3) is 0 Å². The van der Waals surface area contributed by atoms with E-state index in [-0.39, 0.29) is 23.4 Å². The summed E-state index contributed by atoms with van der Waals surface area (Å²) in [5, 5.41) is 11.5. The van der Waals surface area contributed by atoms with E-state index in [0.29, 0.717) is 11.3 Å². The molecule has 2 N–H and O–H groups in total. The van der Waals surface area contributed by atoms with Crippen LogP contribution in [0.15, 0.2) is 28.7 Å². The standard InChI is InChI=1S/C15H14FNO4/c1-8-3-4-10(16)5-12(8)14(18)17-7-11-6-13(15(19)20)9(2)21-11/h3-6H,7H2,1-2H3,(H,17,18)(H,19,20). The molecule has 1 amide bonds. The zero-order chi connectivity index (χ0) is 15.6. The molecular weight excluding hydrogens is 277 g/mol. The third-order valence-electron chi connectivity index (χ3n) is 3.07. The quantitative estimate of drug-likeness (QED) is 0.907. The van der Waals surface area contributed by atoms with Gasteiger partial charge in [0, 0.05) is 5.56 Å². The highest BCUT2D eigenvalue weighted by Gasteiger charge is 2.15. The predicted octanol–water partition coefficient (Wildman–Crippen LogP) is 2.66. The fourth-order valence-electron chi connectivity index (χ4n) is 1.94. The zero-order valence-corrected chi connectivity index (χ0v) is 11.6. The van der Waals surface area contributed by atoms with Gasteiger partial charge in [-0.3, -0.25) is 4.79 Å². The lowest BCUT2D eigenvalue weighted by atomic mass is 10.1. The van der Waals surface area contributed by atoms with Gasteiger partial charge in [-0.05, 0) is 37.6 Å². The molecule has 0 fully saturated rings. The fraction of sp³-hybridized carbons (Fsp3) is 0.200. The Morgan fingerprint density at radius 1 is 1.24 bits per heavy atom. The van der Waals surface area contributed by atoms with Crippen LogP contribution in [0.4, 0.5) is 4.39 Å². The van der Waals surface area contributed by atoms with Crippen LogP contribution in [-0.2, 0) is 6.54 Å². The van der Waals surface area contributed by atoms with Gasteiger partial charge >= 0.3 is 5.97 Å². The number of carboxylic acid groups (broad SMARTS) is 1. The Morgan fingerprint density at radius 3 is 2.57 bits per heavy atom. The summed E-state index contributed by atoms with van der Waals surface area (Å²) in [5.74, 6) is -1.43. The first-order valence-corrected chi connectivity index (χ1v) is 6.25. The number of aromatic carboxylic acids is 1. The summed E-state index contributed by atoms with van der Waals surface area (Å²) in [4.78, 5) is 22.9. The van der Waals surface area contributed by atoms with Gasteiger partial charge in [-0.15, -0.1) is 0 Å². The number of hydrogen-bond acceptors (Lipinski definition) is 3. The molecule has 2 aromatic rings. The molecule has 1 aromatic carbocycles. The maximum atomic E-state index is 13.2. The van der Waals surface area contributed by atoms with E-state index in [0.717, 1.165) is 6.07 Å². The molecular formula is C15H14FNO4. The first-order valence-electron chi connectivity index (χ1n) is 6.25. The molecule has 1 heterocycles. The monoisotopic (exact) mass is 291 g/mol. The molecule has 0 spiro atoms. The Labute approximate surface area is 120 Å². The summed E-state index contributed by atoms with van der Waals surface area (Å²) in [5.41, 5.74) is 0.939. The lowest BCUT2D eigenvalue weighted by Gasteiger charge is -2.06. The van der Waals surface area contributed by atoms with Crippen molar-refractivity contribution in [3.05, 3.63) is 58.3 Å². The molecule has 0 aliphatic carbocycles. The Hall–Kier alpha value is -2.63. The van der Waals surface area contributed by atoms with Crippen LogP contribution in [0.5, 0.6) is 0 Å². The number of hydrogen-bond donors (Lipinski definition) is 2. The molecule has 0 saturated heterocycles. The number of furan rings is 1. The number of halogens is 1. The van der Waals surface area contributed by atoms with Crippen molar-refractivity contribution in [1.29, 1.82) is 0 Å². The number of benzene rings is 1. The Kier molecular flexibility index (Phi) is 4.07. The van der Waals surface area contributed by atoms with Gasteiger partial charge in [0.2, 0.25) is 0 Å². The van der Waals surface area contributed by atoms with Crippen molar-refractivity contribution in [3.8, 4) is 0 Å². The number of nitrogens with one attached hydrogen (secondary N) is 1. The van der Waals surface area contributed by atoms with E-state index < -0.39 is 17.7 Å². The number of amides is 1. The predicted molar refractivity (Wildman–Crippen MR) is 72.7 cm³/mol. The Morgan fingerprint density at radius 2 is 1.95 bits per heavy atom. The van der Waals surface area contributed by atoms with Crippen molar-refractivity contribution in [2.45, 2.75) is 20.4 Å². The number of carboxylic acids is 1. The van der Waals surface area contributed by atoms with E-state index in [1.165, 1.54) is 25.1 Å². The molecule has 0 unspecified atom stereocenters. The Balaban J connectivity index is 2.09. The molecule has 2 rings (SSSR count). The smallest absolute Gasteiger partial charge is 0.339 e. The molecule has 5 nitrogen and oxygen atoms in total. The lowest BCUT2D eigenvalue weighted by Crippen LogP contribution is -2.23. The molecule has 0 bridgehead atoms.